The smallest absolute Gasteiger partial charge is 0.137 e. The highest BCUT2D eigenvalue weighted by Gasteiger charge is 2.40. The number of carbonyl (C=O) groups excluding carboxylic acids is 1. The Kier molecular flexibility index (Phi) is 3.53. The molecule has 1 amide bonds. The zero-order valence-electron chi connectivity index (χ0n) is 10.6. The molecule has 0 saturated heterocycles. The molecule has 1 rings (SSSR count). The summed E-state index contributed by atoms with van der Waals surface area (Å²) in [4.78, 5) is 12.7. The minimum Gasteiger partial charge on any atom is -0.530 e. The van der Waals surface area contributed by atoms with Crippen LogP contribution in [0.1, 0.15) is 53.4 Å². The van der Waals surface area contributed by atoms with Gasteiger partial charge >= 0.3 is 0 Å². The van der Waals surface area contributed by atoms with Crippen molar-refractivity contribution in [3.8, 4) is 0 Å². The van der Waals surface area contributed by atoms with Gasteiger partial charge in [-0.1, -0.05) is 0 Å². The Balaban J connectivity index is 2.90. The highest BCUT2D eigenvalue weighted by Crippen LogP contribution is 2.37. The van der Waals surface area contributed by atoms with Gasteiger partial charge in [0.15, 0.2) is 0 Å². The molecule has 1 saturated carbocycles. The fraction of sp³-hybridized carbons (Fsp3) is 0.917. The summed E-state index contributed by atoms with van der Waals surface area (Å²) in [6.07, 6.45) is 1.31. The molecule has 0 aromatic heterocycles. The standard InChI is InChI=1S/C12H23NO3/c1-11(2,3)13(10(15)16)12(4)7-5-9(14)6-8-12/h9,14H,5-8H2,1-4H3,(H,15,16)/p-1. The molecule has 1 aliphatic rings. The summed E-state index contributed by atoms with van der Waals surface area (Å²) < 4.78 is 0. The van der Waals surface area contributed by atoms with Crippen molar-refractivity contribution in [3.63, 3.8) is 0 Å². The summed E-state index contributed by atoms with van der Waals surface area (Å²) in [5.74, 6) is 0. The molecule has 0 heterocycles. The number of hydrogen-bond donors (Lipinski definition) is 1. The predicted molar refractivity (Wildman–Crippen MR) is 59.9 cm³/mol. The predicted octanol–water partition coefficient (Wildman–Crippen LogP) is 1.12. The maximum absolute atomic E-state index is 11.3. The average molecular weight is 228 g/mol. The molecular formula is C12H22NO3-. The van der Waals surface area contributed by atoms with Crippen LogP contribution < -0.4 is 5.11 Å². The number of hydrogen-bond acceptors (Lipinski definition) is 3. The monoisotopic (exact) mass is 228 g/mol. The first-order valence-corrected chi connectivity index (χ1v) is 5.86. The molecule has 0 aromatic rings. The average Bonchev–Trinajstić information content (AvgIpc) is 2.07. The van der Waals surface area contributed by atoms with Crippen molar-refractivity contribution in [2.45, 2.75) is 70.6 Å². The Morgan fingerprint density at radius 2 is 1.81 bits per heavy atom. The molecule has 0 spiro atoms. The molecule has 0 aromatic carbocycles. The Hall–Kier alpha value is -0.770. The molecule has 0 atom stereocenters. The van der Waals surface area contributed by atoms with Crippen molar-refractivity contribution in [1.82, 2.24) is 4.90 Å². The highest BCUT2D eigenvalue weighted by molar-refractivity contribution is 5.65. The maximum Gasteiger partial charge on any atom is 0.137 e. The van der Waals surface area contributed by atoms with Crippen molar-refractivity contribution in [2.75, 3.05) is 0 Å². The van der Waals surface area contributed by atoms with Gasteiger partial charge in [0.2, 0.25) is 0 Å². The van der Waals surface area contributed by atoms with E-state index in [4.69, 9.17) is 0 Å². The zero-order chi connectivity index (χ0) is 12.6. The number of carboxylic acid groups (broad SMARTS) is 1. The van der Waals surface area contributed by atoms with Crippen molar-refractivity contribution in [2.24, 2.45) is 0 Å². The molecule has 4 heteroatoms. The summed E-state index contributed by atoms with van der Waals surface area (Å²) in [7, 11) is 0. The maximum atomic E-state index is 11.3. The molecule has 0 radical (unpaired) electrons. The van der Waals surface area contributed by atoms with E-state index in [0.717, 1.165) is 0 Å². The summed E-state index contributed by atoms with van der Waals surface area (Å²) >= 11 is 0. The van der Waals surface area contributed by atoms with E-state index in [1.807, 2.05) is 27.7 Å². The third kappa shape index (κ3) is 2.67. The molecule has 0 unspecified atom stereocenters. The molecule has 0 aliphatic heterocycles. The first kappa shape index (κ1) is 13.3. The summed E-state index contributed by atoms with van der Waals surface area (Å²) in [6, 6.07) is 0. The summed E-state index contributed by atoms with van der Waals surface area (Å²) in [5.41, 5.74) is -0.869. The number of nitrogens with zero attached hydrogens (tertiary/aromatic N) is 1. The van der Waals surface area contributed by atoms with E-state index in [0.29, 0.717) is 25.7 Å². The van der Waals surface area contributed by atoms with Gasteiger partial charge in [-0.2, -0.15) is 0 Å². The van der Waals surface area contributed by atoms with E-state index in [9.17, 15) is 15.0 Å². The van der Waals surface area contributed by atoms with Crippen molar-refractivity contribution >= 4 is 6.09 Å². The molecule has 4 nitrogen and oxygen atoms in total. The Bertz CT molecular complexity index is 262. The van der Waals surface area contributed by atoms with Gasteiger partial charge in [0, 0.05) is 11.1 Å². The van der Waals surface area contributed by atoms with E-state index in [-0.39, 0.29) is 6.10 Å². The van der Waals surface area contributed by atoms with Crippen molar-refractivity contribution in [1.29, 1.82) is 0 Å². The van der Waals surface area contributed by atoms with Crippen LogP contribution in [0.4, 0.5) is 4.79 Å². The van der Waals surface area contributed by atoms with E-state index >= 15 is 0 Å². The number of aliphatic hydroxyl groups excluding tert-OH is 1. The minimum atomic E-state index is -1.12. The van der Waals surface area contributed by atoms with E-state index < -0.39 is 17.2 Å². The Labute approximate surface area is 97.3 Å². The lowest BCUT2D eigenvalue weighted by Crippen LogP contribution is -2.63. The van der Waals surface area contributed by atoms with Gasteiger partial charge in [-0.25, -0.2) is 0 Å². The Morgan fingerprint density at radius 3 is 2.12 bits per heavy atom. The third-order valence-electron chi connectivity index (χ3n) is 3.43. The van der Waals surface area contributed by atoms with Crippen LogP contribution in [-0.2, 0) is 0 Å². The van der Waals surface area contributed by atoms with Gasteiger partial charge in [-0.05, 0) is 53.4 Å². The van der Waals surface area contributed by atoms with Gasteiger partial charge < -0.3 is 19.9 Å². The largest absolute Gasteiger partial charge is 0.530 e. The molecule has 16 heavy (non-hydrogen) atoms. The quantitative estimate of drug-likeness (QED) is 0.731. The molecular weight excluding hydrogens is 206 g/mol. The highest BCUT2D eigenvalue weighted by atomic mass is 16.4. The normalized spacial score (nSPS) is 31.2. The van der Waals surface area contributed by atoms with Crippen LogP contribution in [0.25, 0.3) is 0 Å². The van der Waals surface area contributed by atoms with E-state index in [1.165, 1.54) is 4.90 Å². The lowest BCUT2D eigenvalue weighted by atomic mass is 9.78. The summed E-state index contributed by atoms with van der Waals surface area (Å²) in [5, 5.41) is 20.8. The SMILES string of the molecule is CC(C)(C)N(C(=O)[O-])C1(C)CCC(O)CC1. The van der Waals surface area contributed by atoms with Crippen LogP contribution in [0, 0.1) is 0 Å². The van der Waals surface area contributed by atoms with Crippen LogP contribution in [0.2, 0.25) is 0 Å². The minimum absolute atomic E-state index is 0.281. The van der Waals surface area contributed by atoms with Gasteiger partial charge in [0.25, 0.3) is 0 Å². The summed E-state index contributed by atoms with van der Waals surface area (Å²) in [6.45, 7) is 7.57. The van der Waals surface area contributed by atoms with Crippen LogP contribution in [0.5, 0.6) is 0 Å². The van der Waals surface area contributed by atoms with E-state index in [2.05, 4.69) is 0 Å². The van der Waals surface area contributed by atoms with Crippen LogP contribution in [-0.4, -0.2) is 33.3 Å². The van der Waals surface area contributed by atoms with Gasteiger partial charge in [0.1, 0.15) is 6.09 Å². The third-order valence-corrected chi connectivity index (χ3v) is 3.43. The molecule has 1 aliphatic carbocycles. The van der Waals surface area contributed by atoms with Crippen molar-refractivity contribution < 1.29 is 15.0 Å². The van der Waals surface area contributed by atoms with Gasteiger partial charge in [-0.3, -0.25) is 0 Å². The van der Waals surface area contributed by atoms with Crippen molar-refractivity contribution in [3.05, 3.63) is 0 Å². The second-order valence-electron chi connectivity index (χ2n) is 6.00. The number of carbonyl (C=O) groups is 1. The second kappa shape index (κ2) is 4.24. The molecule has 94 valence electrons. The first-order valence-electron chi connectivity index (χ1n) is 5.86. The van der Waals surface area contributed by atoms with Gasteiger partial charge in [-0.15, -0.1) is 0 Å². The number of rotatable bonds is 1. The second-order valence-corrected chi connectivity index (χ2v) is 6.00. The fourth-order valence-corrected chi connectivity index (χ4v) is 2.75. The lowest BCUT2D eigenvalue weighted by molar-refractivity contribution is -0.279. The molecule has 1 fully saturated rings. The Morgan fingerprint density at radius 1 is 1.38 bits per heavy atom. The zero-order valence-corrected chi connectivity index (χ0v) is 10.6. The fourth-order valence-electron chi connectivity index (χ4n) is 2.75. The van der Waals surface area contributed by atoms with E-state index in [1.54, 1.807) is 0 Å². The topological polar surface area (TPSA) is 63.6 Å². The lowest BCUT2D eigenvalue weighted by Gasteiger charge is -2.53. The van der Waals surface area contributed by atoms with Crippen LogP contribution >= 0.6 is 0 Å². The van der Waals surface area contributed by atoms with Crippen LogP contribution in [0.15, 0.2) is 0 Å². The molecule has 1 N–H and O–H groups in total. The molecule has 0 bridgehead atoms. The number of aliphatic hydroxyl groups is 1. The van der Waals surface area contributed by atoms with Crippen LogP contribution in [0.3, 0.4) is 0 Å². The first-order chi connectivity index (χ1) is 7.17. The van der Waals surface area contributed by atoms with Gasteiger partial charge in [0.05, 0.1) is 6.10 Å². The number of amides is 1.